The number of rotatable bonds is 2. The van der Waals surface area contributed by atoms with Gasteiger partial charge in [-0.25, -0.2) is 0 Å². The molecular weight excluding hydrogens is 232 g/mol. The van der Waals surface area contributed by atoms with Gasteiger partial charge in [0, 0.05) is 25.2 Å². The molecule has 1 amide bonds. The number of phenols is 1. The van der Waals surface area contributed by atoms with Gasteiger partial charge >= 0.3 is 0 Å². The highest BCUT2D eigenvalue weighted by Gasteiger charge is 2.24. The van der Waals surface area contributed by atoms with Gasteiger partial charge in [0.05, 0.1) is 12.7 Å². The molecule has 0 bridgehead atoms. The van der Waals surface area contributed by atoms with Crippen LogP contribution in [0, 0.1) is 6.92 Å². The molecule has 1 heterocycles. The van der Waals surface area contributed by atoms with Gasteiger partial charge in [0.2, 0.25) is 0 Å². The molecule has 2 rings (SSSR count). The molecule has 1 aliphatic heterocycles. The molecule has 5 heteroatoms. The Morgan fingerprint density at radius 1 is 1.61 bits per heavy atom. The third-order valence-corrected chi connectivity index (χ3v) is 3.14. The number of hydrogen-bond acceptors (Lipinski definition) is 4. The second-order valence-electron chi connectivity index (χ2n) is 4.48. The number of morpholine rings is 1. The number of aromatic hydroxyl groups is 1. The lowest BCUT2D eigenvalue weighted by molar-refractivity contribution is -0.0167. The summed E-state index contributed by atoms with van der Waals surface area (Å²) >= 11 is 0. The number of aryl methyl sites for hydroxylation is 1. The van der Waals surface area contributed by atoms with Crippen LogP contribution in [0.5, 0.6) is 5.75 Å². The van der Waals surface area contributed by atoms with Crippen LogP contribution in [0.1, 0.15) is 15.9 Å². The molecule has 1 aliphatic rings. The van der Waals surface area contributed by atoms with E-state index in [1.54, 1.807) is 24.0 Å². The van der Waals surface area contributed by atoms with E-state index in [4.69, 9.17) is 10.5 Å². The van der Waals surface area contributed by atoms with Crippen LogP contribution >= 0.6 is 0 Å². The van der Waals surface area contributed by atoms with Crippen molar-refractivity contribution in [3.8, 4) is 5.75 Å². The van der Waals surface area contributed by atoms with Crippen molar-refractivity contribution in [1.29, 1.82) is 0 Å². The van der Waals surface area contributed by atoms with E-state index in [0.29, 0.717) is 31.8 Å². The molecule has 0 saturated carbocycles. The molecule has 5 nitrogen and oxygen atoms in total. The normalized spacial score (nSPS) is 19.9. The Morgan fingerprint density at radius 2 is 2.39 bits per heavy atom. The third kappa shape index (κ3) is 2.63. The van der Waals surface area contributed by atoms with Crippen LogP contribution in [-0.4, -0.2) is 48.3 Å². The van der Waals surface area contributed by atoms with Crippen molar-refractivity contribution < 1.29 is 14.6 Å². The van der Waals surface area contributed by atoms with Crippen molar-refractivity contribution in [3.05, 3.63) is 29.3 Å². The van der Waals surface area contributed by atoms with Crippen LogP contribution in [0.25, 0.3) is 0 Å². The molecule has 1 saturated heterocycles. The predicted molar refractivity (Wildman–Crippen MR) is 67.5 cm³/mol. The maximum atomic E-state index is 12.2. The van der Waals surface area contributed by atoms with Crippen molar-refractivity contribution >= 4 is 5.91 Å². The van der Waals surface area contributed by atoms with Crippen molar-refractivity contribution in [2.24, 2.45) is 5.73 Å². The number of nitrogens with two attached hydrogens (primary N) is 1. The lowest BCUT2D eigenvalue weighted by Crippen LogP contribution is -2.48. The number of amides is 1. The Hall–Kier alpha value is -1.59. The molecule has 1 atom stereocenters. The number of carbonyl (C=O) groups excluding carboxylic acids is 1. The summed E-state index contributed by atoms with van der Waals surface area (Å²) < 4.78 is 5.42. The van der Waals surface area contributed by atoms with Crippen molar-refractivity contribution in [1.82, 2.24) is 4.90 Å². The number of nitrogens with zero attached hydrogens (tertiary/aromatic N) is 1. The highest BCUT2D eigenvalue weighted by Crippen LogP contribution is 2.19. The predicted octanol–water partition coefficient (Wildman–Crippen LogP) is 0.500. The van der Waals surface area contributed by atoms with Gasteiger partial charge in [-0.2, -0.15) is 0 Å². The zero-order valence-electron chi connectivity index (χ0n) is 10.4. The minimum Gasteiger partial charge on any atom is -0.508 e. The van der Waals surface area contributed by atoms with Crippen LogP contribution in [0.3, 0.4) is 0 Å². The highest BCUT2D eigenvalue weighted by molar-refractivity contribution is 5.94. The van der Waals surface area contributed by atoms with Gasteiger partial charge in [-0.15, -0.1) is 0 Å². The maximum Gasteiger partial charge on any atom is 0.254 e. The smallest absolute Gasteiger partial charge is 0.254 e. The Kier molecular flexibility index (Phi) is 3.84. The third-order valence-electron chi connectivity index (χ3n) is 3.14. The van der Waals surface area contributed by atoms with Crippen molar-refractivity contribution in [2.45, 2.75) is 13.0 Å². The molecule has 3 N–H and O–H groups in total. The lowest BCUT2D eigenvalue weighted by Gasteiger charge is -2.32. The van der Waals surface area contributed by atoms with E-state index in [2.05, 4.69) is 0 Å². The zero-order chi connectivity index (χ0) is 13.1. The van der Waals surface area contributed by atoms with Crippen molar-refractivity contribution in [2.75, 3.05) is 26.2 Å². The van der Waals surface area contributed by atoms with E-state index in [9.17, 15) is 9.90 Å². The molecule has 0 aromatic heterocycles. The number of ether oxygens (including phenoxy) is 1. The van der Waals surface area contributed by atoms with Gasteiger partial charge in [0.1, 0.15) is 5.75 Å². The van der Waals surface area contributed by atoms with Crippen molar-refractivity contribution in [3.63, 3.8) is 0 Å². The summed E-state index contributed by atoms with van der Waals surface area (Å²) in [5.41, 5.74) is 6.80. The van der Waals surface area contributed by atoms with Gasteiger partial charge < -0.3 is 20.5 Å². The van der Waals surface area contributed by atoms with E-state index in [-0.39, 0.29) is 17.8 Å². The minimum atomic E-state index is -0.0956. The highest BCUT2D eigenvalue weighted by atomic mass is 16.5. The second-order valence-corrected chi connectivity index (χ2v) is 4.48. The standard InChI is InChI=1S/C13H18N2O3/c1-9-2-3-10(6-12(9)16)13(17)15-4-5-18-11(7-14)8-15/h2-3,6,11,16H,4-5,7-8,14H2,1H3. The monoisotopic (exact) mass is 250 g/mol. The van der Waals surface area contributed by atoms with Crippen LogP contribution in [0.15, 0.2) is 18.2 Å². The largest absolute Gasteiger partial charge is 0.508 e. The molecule has 0 spiro atoms. The molecule has 0 aliphatic carbocycles. The number of carbonyl (C=O) groups is 1. The molecule has 18 heavy (non-hydrogen) atoms. The van der Waals surface area contributed by atoms with Crippen LogP contribution < -0.4 is 5.73 Å². The Morgan fingerprint density at radius 3 is 3.06 bits per heavy atom. The van der Waals surface area contributed by atoms with Gasteiger partial charge in [0.15, 0.2) is 0 Å². The molecule has 98 valence electrons. The van der Waals surface area contributed by atoms with Crippen LogP contribution in [0.4, 0.5) is 0 Å². The molecule has 1 aromatic rings. The van der Waals surface area contributed by atoms with E-state index in [1.165, 1.54) is 6.07 Å². The molecule has 1 fully saturated rings. The van der Waals surface area contributed by atoms with Gasteiger partial charge in [-0.1, -0.05) is 6.07 Å². The fourth-order valence-electron chi connectivity index (χ4n) is 1.97. The number of benzene rings is 1. The first-order chi connectivity index (χ1) is 8.61. The number of hydrogen-bond donors (Lipinski definition) is 2. The van der Waals surface area contributed by atoms with E-state index < -0.39 is 0 Å². The Balaban J connectivity index is 2.12. The Labute approximate surface area is 106 Å². The zero-order valence-corrected chi connectivity index (χ0v) is 10.4. The molecule has 1 aromatic carbocycles. The average molecular weight is 250 g/mol. The summed E-state index contributed by atoms with van der Waals surface area (Å²) in [6.07, 6.45) is -0.0956. The first kappa shape index (κ1) is 12.9. The SMILES string of the molecule is Cc1ccc(C(=O)N2CCOC(CN)C2)cc1O. The first-order valence-electron chi connectivity index (χ1n) is 6.02. The Bertz CT molecular complexity index is 448. The summed E-state index contributed by atoms with van der Waals surface area (Å²) in [4.78, 5) is 14.0. The minimum absolute atomic E-state index is 0.0907. The van der Waals surface area contributed by atoms with E-state index >= 15 is 0 Å². The topological polar surface area (TPSA) is 75.8 Å². The summed E-state index contributed by atoms with van der Waals surface area (Å²) in [7, 11) is 0. The summed E-state index contributed by atoms with van der Waals surface area (Å²) in [5, 5.41) is 9.63. The lowest BCUT2D eigenvalue weighted by atomic mass is 10.1. The fraction of sp³-hybridized carbons (Fsp3) is 0.462. The second kappa shape index (κ2) is 5.37. The first-order valence-corrected chi connectivity index (χ1v) is 6.02. The van der Waals surface area contributed by atoms with Crippen LogP contribution in [0.2, 0.25) is 0 Å². The average Bonchev–Trinajstić information content (AvgIpc) is 2.41. The van der Waals surface area contributed by atoms with Crippen LogP contribution in [-0.2, 0) is 4.74 Å². The molecule has 1 unspecified atom stereocenters. The van der Waals surface area contributed by atoms with E-state index in [1.807, 2.05) is 0 Å². The summed E-state index contributed by atoms with van der Waals surface area (Å²) in [5.74, 6) is 0.0523. The summed E-state index contributed by atoms with van der Waals surface area (Å²) in [6.45, 7) is 3.77. The molecular formula is C13H18N2O3. The fourth-order valence-corrected chi connectivity index (χ4v) is 1.97. The number of phenolic OH excluding ortho intramolecular Hbond substituents is 1. The van der Waals surface area contributed by atoms with Gasteiger partial charge in [-0.05, 0) is 24.6 Å². The van der Waals surface area contributed by atoms with Gasteiger partial charge in [0.25, 0.3) is 5.91 Å². The van der Waals surface area contributed by atoms with Gasteiger partial charge in [-0.3, -0.25) is 4.79 Å². The molecule has 0 radical (unpaired) electrons. The maximum absolute atomic E-state index is 12.2. The van der Waals surface area contributed by atoms with E-state index in [0.717, 1.165) is 5.56 Å². The quantitative estimate of drug-likeness (QED) is 0.801. The summed E-state index contributed by atoms with van der Waals surface area (Å²) in [6, 6.07) is 4.97.